The number of sulfone groups is 1. The summed E-state index contributed by atoms with van der Waals surface area (Å²) in [6.45, 7) is 1.91. The van der Waals surface area contributed by atoms with Gasteiger partial charge in [-0.2, -0.15) is 0 Å². The van der Waals surface area contributed by atoms with Crippen LogP contribution in [0.5, 0.6) is 0 Å². The first-order chi connectivity index (χ1) is 9.39. The summed E-state index contributed by atoms with van der Waals surface area (Å²) in [5.41, 5.74) is 2.07. The molecular formula is C15H22FNO2S. The molecule has 1 aliphatic rings. The number of halogens is 1. The molecule has 0 spiro atoms. The van der Waals surface area contributed by atoms with Crippen LogP contribution in [-0.4, -0.2) is 33.0 Å². The van der Waals surface area contributed by atoms with Crippen LogP contribution in [0, 0.1) is 18.7 Å². The average Bonchev–Trinajstić information content (AvgIpc) is 2.71. The van der Waals surface area contributed by atoms with Crippen LogP contribution in [0.25, 0.3) is 0 Å². The van der Waals surface area contributed by atoms with E-state index in [4.69, 9.17) is 0 Å². The second-order valence-electron chi connectivity index (χ2n) is 5.77. The van der Waals surface area contributed by atoms with Crippen LogP contribution in [-0.2, 0) is 16.3 Å². The van der Waals surface area contributed by atoms with Crippen molar-refractivity contribution in [2.24, 2.45) is 5.92 Å². The number of nitrogens with one attached hydrogen (secondary N) is 1. The van der Waals surface area contributed by atoms with Gasteiger partial charge in [0.05, 0.1) is 11.5 Å². The minimum atomic E-state index is -2.81. The Kier molecular flexibility index (Phi) is 4.81. The van der Waals surface area contributed by atoms with Crippen LogP contribution < -0.4 is 5.32 Å². The highest BCUT2D eigenvalue weighted by Gasteiger charge is 2.29. The van der Waals surface area contributed by atoms with Crippen LogP contribution >= 0.6 is 0 Å². The van der Waals surface area contributed by atoms with Gasteiger partial charge in [-0.1, -0.05) is 6.07 Å². The lowest BCUT2D eigenvalue weighted by atomic mass is 9.93. The van der Waals surface area contributed by atoms with Crippen molar-refractivity contribution in [3.05, 3.63) is 35.1 Å². The molecule has 1 fully saturated rings. The summed E-state index contributed by atoms with van der Waals surface area (Å²) >= 11 is 0. The predicted octanol–water partition coefficient (Wildman–Crippen LogP) is 2.09. The molecule has 0 bridgehead atoms. The second kappa shape index (κ2) is 6.22. The molecule has 0 amide bonds. The van der Waals surface area contributed by atoms with Gasteiger partial charge >= 0.3 is 0 Å². The topological polar surface area (TPSA) is 46.2 Å². The fourth-order valence-electron chi connectivity index (χ4n) is 2.92. The zero-order valence-corrected chi connectivity index (χ0v) is 12.8. The SMILES string of the molecule is CNC(Cc1ccc(F)cc1C)CC1CCS(=O)(=O)C1. The third-order valence-electron chi connectivity index (χ3n) is 4.12. The molecule has 1 heterocycles. The van der Waals surface area contributed by atoms with Crippen LogP contribution in [0.4, 0.5) is 4.39 Å². The highest BCUT2D eigenvalue weighted by atomic mass is 32.2. The van der Waals surface area contributed by atoms with Crippen molar-refractivity contribution in [3.8, 4) is 0 Å². The Morgan fingerprint density at radius 2 is 2.20 bits per heavy atom. The second-order valence-corrected chi connectivity index (χ2v) is 7.99. The lowest BCUT2D eigenvalue weighted by Crippen LogP contribution is -2.30. The number of benzene rings is 1. The quantitative estimate of drug-likeness (QED) is 0.905. The summed E-state index contributed by atoms with van der Waals surface area (Å²) in [5, 5.41) is 3.26. The highest BCUT2D eigenvalue weighted by Crippen LogP contribution is 2.24. The van der Waals surface area contributed by atoms with Crippen molar-refractivity contribution in [2.75, 3.05) is 18.6 Å². The van der Waals surface area contributed by atoms with Gasteiger partial charge in [-0.3, -0.25) is 0 Å². The average molecular weight is 299 g/mol. The van der Waals surface area contributed by atoms with Gasteiger partial charge in [0.25, 0.3) is 0 Å². The third-order valence-corrected chi connectivity index (χ3v) is 5.96. The number of likely N-dealkylation sites (N-methyl/N-ethyl adjacent to an activating group) is 1. The molecule has 1 N–H and O–H groups in total. The Hall–Kier alpha value is -0.940. The van der Waals surface area contributed by atoms with Gasteiger partial charge in [0.1, 0.15) is 5.82 Å². The third kappa shape index (κ3) is 4.03. The minimum absolute atomic E-state index is 0.214. The van der Waals surface area contributed by atoms with E-state index in [1.807, 2.05) is 20.0 Å². The van der Waals surface area contributed by atoms with Crippen molar-refractivity contribution < 1.29 is 12.8 Å². The first-order valence-corrected chi connectivity index (χ1v) is 8.84. The molecule has 1 saturated heterocycles. The van der Waals surface area contributed by atoms with Gasteiger partial charge in [-0.05, 0) is 62.4 Å². The Balaban J connectivity index is 1.99. The summed E-state index contributed by atoms with van der Waals surface area (Å²) in [7, 11) is -0.918. The molecule has 112 valence electrons. The van der Waals surface area contributed by atoms with Crippen molar-refractivity contribution in [3.63, 3.8) is 0 Å². The number of rotatable bonds is 5. The molecule has 2 rings (SSSR count). The molecule has 0 saturated carbocycles. The molecule has 0 aliphatic carbocycles. The monoisotopic (exact) mass is 299 g/mol. The first-order valence-electron chi connectivity index (χ1n) is 7.02. The van der Waals surface area contributed by atoms with Crippen molar-refractivity contribution in [2.45, 2.75) is 32.2 Å². The molecule has 3 nitrogen and oxygen atoms in total. The normalized spacial score (nSPS) is 22.9. The molecule has 1 aromatic carbocycles. The standard InChI is InChI=1S/C15H22FNO2S/c1-11-7-14(16)4-3-13(11)9-15(17-2)8-12-5-6-20(18,19)10-12/h3-4,7,12,15,17H,5-6,8-10H2,1-2H3. The highest BCUT2D eigenvalue weighted by molar-refractivity contribution is 7.91. The summed E-state index contributed by atoms with van der Waals surface area (Å²) in [6, 6.07) is 5.08. The predicted molar refractivity (Wildman–Crippen MR) is 79.1 cm³/mol. The zero-order valence-electron chi connectivity index (χ0n) is 12.0. The summed E-state index contributed by atoms with van der Waals surface area (Å²) in [4.78, 5) is 0. The summed E-state index contributed by atoms with van der Waals surface area (Å²) in [6.07, 6.45) is 2.43. The summed E-state index contributed by atoms with van der Waals surface area (Å²) in [5.74, 6) is 0.671. The zero-order chi connectivity index (χ0) is 14.8. The molecule has 5 heteroatoms. The first kappa shape index (κ1) is 15.4. The van der Waals surface area contributed by atoms with Gasteiger partial charge < -0.3 is 5.32 Å². The fourth-order valence-corrected chi connectivity index (χ4v) is 4.80. The maximum atomic E-state index is 13.1. The van der Waals surface area contributed by atoms with Crippen LogP contribution in [0.15, 0.2) is 18.2 Å². The van der Waals surface area contributed by atoms with Crippen molar-refractivity contribution in [1.82, 2.24) is 5.32 Å². The smallest absolute Gasteiger partial charge is 0.150 e. The van der Waals surface area contributed by atoms with E-state index in [2.05, 4.69) is 5.32 Å². The fraction of sp³-hybridized carbons (Fsp3) is 0.600. The van der Waals surface area contributed by atoms with E-state index in [1.54, 1.807) is 6.07 Å². The van der Waals surface area contributed by atoms with Gasteiger partial charge in [0.2, 0.25) is 0 Å². The molecule has 2 unspecified atom stereocenters. The molecule has 0 radical (unpaired) electrons. The Labute approximate surface area is 120 Å². The number of hydrogen-bond acceptors (Lipinski definition) is 3. The molecule has 20 heavy (non-hydrogen) atoms. The van der Waals surface area contributed by atoms with Gasteiger partial charge in [0.15, 0.2) is 9.84 Å². The van der Waals surface area contributed by atoms with Crippen molar-refractivity contribution >= 4 is 9.84 Å². The van der Waals surface area contributed by atoms with Crippen molar-refractivity contribution in [1.29, 1.82) is 0 Å². The van der Waals surface area contributed by atoms with E-state index in [0.29, 0.717) is 11.5 Å². The van der Waals surface area contributed by atoms with E-state index in [9.17, 15) is 12.8 Å². The maximum Gasteiger partial charge on any atom is 0.150 e. The molecular weight excluding hydrogens is 277 g/mol. The largest absolute Gasteiger partial charge is 0.317 e. The lowest BCUT2D eigenvalue weighted by molar-refractivity contribution is 0.423. The summed E-state index contributed by atoms with van der Waals surface area (Å²) < 4.78 is 36.1. The van der Waals surface area contributed by atoms with Gasteiger partial charge in [0, 0.05) is 6.04 Å². The maximum absolute atomic E-state index is 13.1. The molecule has 1 aliphatic heterocycles. The number of aryl methyl sites for hydroxylation is 1. The van der Waals surface area contributed by atoms with E-state index in [1.165, 1.54) is 6.07 Å². The Morgan fingerprint density at radius 1 is 1.45 bits per heavy atom. The van der Waals surface area contributed by atoms with Gasteiger partial charge in [-0.15, -0.1) is 0 Å². The van der Waals surface area contributed by atoms with E-state index >= 15 is 0 Å². The minimum Gasteiger partial charge on any atom is -0.317 e. The van der Waals surface area contributed by atoms with Gasteiger partial charge in [-0.25, -0.2) is 12.8 Å². The lowest BCUT2D eigenvalue weighted by Gasteiger charge is -2.20. The van der Waals surface area contributed by atoms with Crippen LogP contribution in [0.2, 0.25) is 0 Å². The molecule has 2 atom stereocenters. The Bertz CT molecular complexity index is 571. The van der Waals surface area contributed by atoms with E-state index in [0.717, 1.165) is 30.4 Å². The number of hydrogen-bond donors (Lipinski definition) is 1. The van der Waals surface area contributed by atoms with Crippen LogP contribution in [0.1, 0.15) is 24.0 Å². The van der Waals surface area contributed by atoms with E-state index < -0.39 is 9.84 Å². The van der Waals surface area contributed by atoms with Crippen LogP contribution in [0.3, 0.4) is 0 Å². The Morgan fingerprint density at radius 3 is 2.75 bits per heavy atom. The molecule has 1 aromatic rings. The molecule has 0 aromatic heterocycles. The van der Waals surface area contributed by atoms with E-state index in [-0.39, 0.29) is 17.8 Å².